The molecule has 2 aromatic rings. The first-order valence-corrected chi connectivity index (χ1v) is 7.36. The number of hydrogen-bond acceptors (Lipinski definition) is 4. The van der Waals surface area contributed by atoms with Crippen LogP contribution in [0.4, 0.5) is 0 Å². The van der Waals surface area contributed by atoms with Crippen molar-refractivity contribution in [3.8, 4) is 5.88 Å². The predicted molar refractivity (Wildman–Crippen MR) is 82.5 cm³/mol. The first-order valence-electron chi connectivity index (χ1n) is 6.57. The molecule has 0 aliphatic heterocycles. The molecule has 0 radical (unpaired) electrons. The van der Waals surface area contributed by atoms with Gasteiger partial charge in [-0.2, -0.15) is 0 Å². The third-order valence-electron chi connectivity index (χ3n) is 2.61. The molecular formula is C15H18BrN3O. The SMILES string of the molecule is CC(C)Oc1ncccc1CNCc1ccc(Br)cn1. The van der Waals surface area contributed by atoms with Gasteiger partial charge in [0.15, 0.2) is 0 Å². The Bertz CT molecular complexity index is 543. The summed E-state index contributed by atoms with van der Waals surface area (Å²) in [5.74, 6) is 0.693. The summed E-state index contributed by atoms with van der Waals surface area (Å²) in [5.41, 5.74) is 2.06. The van der Waals surface area contributed by atoms with Crippen LogP contribution in [0.25, 0.3) is 0 Å². The van der Waals surface area contributed by atoms with E-state index in [4.69, 9.17) is 4.74 Å². The smallest absolute Gasteiger partial charge is 0.218 e. The van der Waals surface area contributed by atoms with Gasteiger partial charge in [0.2, 0.25) is 5.88 Å². The Morgan fingerprint density at radius 1 is 1.20 bits per heavy atom. The van der Waals surface area contributed by atoms with Crippen LogP contribution in [0, 0.1) is 0 Å². The van der Waals surface area contributed by atoms with E-state index in [1.165, 1.54) is 0 Å². The molecule has 5 heteroatoms. The largest absolute Gasteiger partial charge is 0.475 e. The standard InChI is InChI=1S/C15H18BrN3O/c1-11(2)20-15-12(4-3-7-18-15)8-17-10-14-6-5-13(16)9-19-14/h3-7,9,11,17H,8,10H2,1-2H3. The second-order valence-electron chi connectivity index (χ2n) is 4.71. The van der Waals surface area contributed by atoms with E-state index in [1.807, 2.05) is 38.1 Å². The van der Waals surface area contributed by atoms with E-state index in [0.29, 0.717) is 19.0 Å². The van der Waals surface area contributed by atoms with Crippen molar-refractivity contribution < 1.29 is 4.74 Å². The van der Waals surface area contributed by atoms with Crippen LogP contribution in [-0.4, -0.2) is 16.1 Å². The molecule has 0 aromatic carbocycles. The number of aromatic nitrogens is 2. The average molecular weight is 336 g/mol. The molecule has 0 atom stereocenters. The monoisotopic (exact) mass is 335 g/mol. The molecule has 0 saturated heterocycles. The zero-order valence-corrected chi connectivity index (χ0v) is 13.2. The van der Waals surface area contributed by atoms with Crippen LogP contribution in [0.3, 0.4) is 0 Å². The molecule has 0 saturated carbocycles. The van der Waals surface area contributed by atoms with E-state index < -0.39 is 0 Å². The molecule has 2 heterocycles. The van der Waals surface area contributed by atoms with Crippen molar-refractivity contribution in [1.82, 2.24) is 15.3 Å². The number of nitrogens with one attached hydrogen (secondary N) is 1. The first kappa shape index (κ1) is 14.9. The minimum absolute atomic E-state index is 0.122. The van der Waals surface area contributed by atoms with Crippen molar-refractivity contribution in [2.45, 2.75) is 33.0 Å². The van der Waals surface area contributed by atoms with E-state index in [2.05, 4.69) is 31.2 Å². The Morgan fingerprint density at radius 2 is 2.05 bits per heavy atom. The predicted octanol–water partition coefficient (Wildman–Crippen LogP) is 3.32. The van der Waals surface area contributed by atoms with Crippen LogP contribution in [0.15, 0.2) is 41.1 Å². The molecule has 0 fully saturated rings. The summed E-state index contributed by atoms with van der Waals surface area (Å²) in [6, 6.07) is 7.92. The van der Waals surface area contributed by atoms with Gasteiger partial charge in [-0.3, -0.25) is 4.98 Å². The van der Waals surface area contributed by atoms with Crippen LogP contribution in [0.5, 0.6) is 5.88 Å². The summed E-state index contributed by atoms with van der Waals surface area (Å²) in [5, 5.41) is 3.35. The van der Waals surface area contributed by atoms with Gasteiger partial charge < -0.3 is 10.1 Å². The molecular weight excluding hydrogens is 318 g/mol. The van der Waals surface area contributed by atoms with Gasteiger partial charge in [-0.25, -0.2) is 4.98 Å². The van der Waals surface area contributed by atoms with Gasteiger partial charge in [0.1, 0.15) is 0 Å². The minimum atomic E-state index is 0.122. The molecule has 0 unspecified atom stereocenters. The van der Waals surface area contributed by atoms with Crippen LogP contribution in [0.1, 0.15) is 25.1 Å². The molecule has 0 spiro atoms. The van der Waals surface area contributed by atoms with Crippen molar-refractivity contribution in [2.75, 3.05) is 0 Å². The van der Waals surface area contributed by atoms with Gasteiger partial charge in [-0.15, -0.1) is 0 Å². The van der Waals surface area contributed by atoms with Crippen LogP contribution in [-0.2, 0) is 13.1 Å². The van der Waals surface area contributed by atoms with Crippen LogP contribution < -0.4 is 10.1 Å². The maximum Gasteiger partial charge on any atom is 0.218 e. The summed E-state index contributed by atoms with van der Waals surface area (Å²) in [6.07, 6.45) is 3.67. The lowest BCUT2D eigenvalue weighted by Crippen LogP contribution is -2.16. The van der Waals surface area contributed by atoms with Gasteiger partial charge >= 0.3 is 0 Å². The molecule has 4 nitrogen and oxygen atoms in total. The van der Waals surface area contributed by atoms with Gasteiger partial charge in [0.25, 0.3) is 0 Å². The summed E-state index contributed by atoms with van der Waals surface area (Å²) in [7, 11) is 0. The molecule has 0 aliphatic rings. The lowest BCUT2D eigenvalue weighted by atomic mass is 10.2. The normalized spacial score (nSPS) is 10.8. The summed E-state index contributed by atoms with van der Waals surface area (Å²) in [4.78, 5) is 8.60. The Balaban J connectivity index is 1.92. The summed E-state index contributed by atoms with van der Waals surface area (Å²) < 4.78 is 6.68. The first-order chi connectivity index (χ1) is 9.65. The Kier molecular flexibility index (Phi) is 5.49. The van der Waals surface area contributed by atoms with E-state index in [0.717, 1.165) is 15.7 Å². The molecule has 20 heavy (non-hydrogen) atoms. The number of pyridine rings is 2. The third kappa shape index (κ3) is 4.58. The zero-order valence-electron chi connectivity index (χ0n) is 11.6. The summed E-state index contributed by atoms with van der Waals surface area (Å²) in [6.45, 7) is 5.41. The zero-order chi connectivity index (χ0) is 14.4. The molecule has 0 aliphatic carbocycles. The third-order valence-corrected chi connectivity index (χ3v) is 3.08. The maximum atomic E-state index is 5.69. The maximum absolute atomic E-state index is 5.69. The Morgan fingerprint density at radius 3 is 2.75 bits per heavy atom. The van der Waals surface area contributed by atoms with Gasteiger partial charge in [0, 0.05) is 35.5 Å². The second-order valence-corrected chi connectivity index (χ2v) is 5.62. The van der Waals surface area contributed by atoms with Crippen molar-refractivity contribution in [3.05, 3.63) is 52.4 Å². The molecule has 2 aromatic heterocycles. The van der Waals surface area contributed by atoms with E-state index in [9.17, 15) is 0 Å². The summed E-state index contributed by atoms with van der Waals surface area (Å²) >= 11 is 3.38. The number of halogens is 1. The second kappa shape index (κ2) is 7.36. The number of rotatable bonds is 6. The minimum Gasteiger partial charge on any atom is -0.475 e. The molecule has 0 amide bonds. The van der Waals surface area contributed by atoms with Gasteiger partial charge in [-0.1, -0.05) is 6.07 Å². The number of ether oxygens (including phenoxy) is 1. The fourth-order valence-electron chi connectivity index (χ4n) is 1.72. The molecule has 1 N–H and O–H groups in total. The van der Waals surface area contributed by atoms with E-state index >= 15 is 0 Å². The average Bonchev–Trinajstić information content (AvgIpc) is 2.42. The van der Waals surface area contributed by atoms with Crippen molar-refractivity contribution in [1.29, 1.82) is 0 Å². The van der Waals surface area contributed by atoms with Gasteiger partial charge in [-0.05, 0) is 48.0 Å². The number of hydrogen-bond donors (Lipinski definition) is 1. The topological polar surface area (TPSA) is 47.0 Å². The lowest BCUT2D eigenvalue weighted by molar-refractivity contribution is 0.229. The van der Waals surface area contributed by atoms with Gasteiger partial charge in [0.05, 0.1) is 11.8 Å². The van der Waals surface area contributed by atoms with E-state index in [-0.39, 0.29) is 6.10 Å². The highest BCUT2D eigenvalue weighted by molar-refractivity contribution is 9.10. The quantitative estimate of drug-likeness (QED) is 0.879. The fourth-order valence-corrected chi connectivity index (χ4v) is 1.96. The fraction of sp³-hybridized carbons (Fsp3) is 0.333. The van der Waals surface area contributed by atoms with Crippen LogP contribution in [0.2, 0.25) is 0 Å². The highest BCUT2D eigenvalue weighted by atomic mass is 79.9. The van der Waals surface area contributed by atoms with Crippen LogP contribution >= 0.6 is 15.9 Å². The van der Waals surface area contributed by atoms with Crippen molar-refractivity contribution in [2.24, 2.45) is 0 Å². The van der Waals surface area contributed by atoms with Crippen molar-refractivity contribution >= 4 is 15.9 Å². The lowest BCUT2D eigenvalue weighted by Gasteiger charge is -2.13. The molecule has 0 bridgehead atoms. The Labute approximate surface area is 127 Å². The molecule has 2 rings (SSSR count). The van der Waals surface area contributed by atoms with Crippen molar-refractivity contribution in [3.63, 3.8) is 0 Å². The highest BCUT2D eigenvalue weighted by Crippen LogP contribution is 2.15. The Hall–Kier alpha value is -1.46. The number of nitrogens with zero attached hydrogens (tertiary/aromatic N) is 2. The molecule has 106 valence electrons. The highest BCUT2D eigenvalue weighted by Gasteiger charge is 2.06. The van der Waals surface area contributed by atoms with E-state index in [1.54, 1.807) is 12.4 Å².